The molecule has 1 unspecified atom stereocenters. The topological polar surface area (TPSA) is 89.3 Å². The Morgan fingerprint density at radius 2 is 1.59 bits per heavy atom. The standard InChI is InChI=1S/C16H18N2O3S/c1-11-3-5-14(6-4-11)16(19)18-12(2)13-7-9-15(10-8-13)22(17,20)21/h3-10,12H,1-2H3,(H,18,19)(H2,17,20,21). The molecule has 0 aliphatic heterocycles. The highest BCUT2D eigenvalue weighted by atomic mass is 32.2. The molecular weight excluding hydrogens is 300 g/mol. The molecule has 2 rings (SSSR count). The van der Waals surface area contributed by atoms with Gasteiger partial charge in [-0.3, -0.25) is 4.79 Å². The summed E-state index contributed by atoms with van der Waals surface area (Å²) in [6.45, 7) is 3.79. The van der Waals surface area contributed by atoms with Crippen LogP contribution in [0.4, 0.5) is 0 Å². The first-order valence-electron chi connectivity index (χ1n) is 6.77. The number of carbonyl (C=O) groups excluding carboxylic acids is 1. The van der Waals surface area contributed by atoms with Crippen molar-refractivity contribution in [2.45, 2.75) is 24.8 Å². The zero-order chi connectivity index (χ0) is 16.3. The maximum absolute atomic E-state index is 12.1. The number of amides is 1. The van der Waals surface area contributed by atoms with E-state index in [-0.39, 0.29) is 16.8 Å². The van der Waals surface area contributed by atoms with Crippen molar-refractivity contribution in [2.75, 3.05) is 0 Å². The number of hydrogen-bond donors (Lipinski definition) is 2. The first kappa shape index (κ1) is 16.2. The normalized spacial score (nSPS) is 12.7. The van der Waals surface area contributed by atoms with Crippen LogP contribution in [0.2, 0.25) is 0 Å². The molecule has 3 N–H and O–H groups in total. The van der Waals surface area contributed by atoms with Gasteiger partial charge in [-0.1, -0.05) is 29.8 Å². The van der Waals surface area contributed by atoms with E-state index in [0.717, 1.165) is 11.1 Å². The van der Waals surface area contributed by atoms with E-state index in [4.69, 9.17) is 5.14 Å². The molecule has 0 saturated carbocycles. The summed E-state index contributed by atoms with van der Waals surface area (Å²) in [6, 6.07) is 13.2. The van der Waals surface area contributed by atoms with Crippen LogP contribution in [0.5, 0.6) is 0 Å². The second-order valence-electron chi connectivity index (χ2n) is 5.18. The Kier molecular flexibility index (Phi) is 4.63. The first-order chi connectivity index (χ1) is 10.3. The van der Waals surface area contributed by atoms with Crippen LogP contribution in [0, 0.1) is 6.92 Å². The maximum Gasteiger partial charge on any atom is 0.251 e. The molecule has 5 nitrogen and oxygen atoms in total. The van der Waals surface area contributed by atoms with E-state index in [9.17, 15) is 13.2 Å². The van der Waals surface area contributed by atoms with Gasteiger partial charge in [0.15, 0.2) is 0 Å². The average Bonchev–Trinajstić information content (AvgIpc) is 2.47. The molecule has 0 aromatic heterocycles. The largest absolute Gasteiger partial charge is 0.346 e. The molecule has 116 valence electrons. The molecule has 2 aromatic carbocycles. The summed E-state index contributed by atoms with van der Waals surface area (Å²) < 4.78 is 22.4. The molecule has 1 atom stereocenters. The summed E-state index contributed by atoms with van der Waals surface area (Å²) in [4.78, 5) is 12.2. The third-order valence-electron chi connectivity index (χ3n) is 3.37. The van der Waals surface area contributed by atoms with Gasteiger partial charge in [-0.25, -0.2) is 13.6 Å². The van der Waals surface area contributed by atoms with Crippen molar-refractivity contribution in [1.82, 2.24) is 5.32 Å². The number of nitrogens with one attached hydrogen (secondary N) is 1. The summed E-state index contributed by atoms with van der Waals surface area (Å²) in [6.07, 6.45) is 0. The minimum Gasteiger partial charge on any atom is -0.346 e. The average molecular weight is 318 g/mol. The van der Waals surface area contributed by atoms with Crippen molar-refractivity contribution in [3.63, 3.8) is 0 Å². The lowest BCUT2D eigenvalue weighted by atomic mass is 10.1. The highest BCUT2D eigenvalue weighted by Crippen LogP contribution is 2.16. The molecule has 0 heterocycles. The Bertz CT molecular complexity index is 766. The quantitative estimate of drug-likeness (QED) is 0.905. The fourth-order valence-electron chi connectivity index (χ4n) is 2.01. The van der Waals surface area contributed by atoms with E-state index in [0.29, 0.717) is 5.56 Å². The molecule has 0 spiro atoms. The Labute approximate surface area is 130 Å². The van der Waals surface area contributed by atoms with Crippen LogP contribution in [-0.2, 0) is 10.0 Å². The van der Waals surface area contributed by atoms with E-state index < -0.39 is 10.0 Å². The second-order valence-corrected chi connectivity index (χ2v) is 6.74. The lowest BCUT2D eigenvalue weighted by molar-refractivity contribution is 0.0940. The smallest absolute Gasteiger partial charge is 0.251 e. The zero-order valence-corrected chi connectivity index (χ0v) is 13.2. The number of carbonyl (C=O) groups is 1. The van der Waals surface area contributed by atoms with Crippen molar-refractivity contribution < 1.29 is 13.2 Å². The molecule has 0 aliphatic carbocycles. The third kappa shape index (κ3) is 3.93. The molecule has 0 radical (unpaired) electrons. The van der Waals surface area contributed by atoms with Gasteiger partial charge in [0.2, 0.25) is 10.0 Å². The predicted molar refractivity (Wildman–Crippen MR) is 84.9 cm³/mol. The van der Waals surface area contributed by atoms with Crippen LogP contribution >= 0.6 is 0 Å². The van der Waals surface area contributed by atoms with E-state index in [1.54, 1.807) is 24.3 Å². The second kappa shape index (κ2) is 6.29. The summed E-state index contributed by atoms with van der Waals surface area (Å²) in [7, 11) is -3.70. The van der Waals surface area contributed by atoms with Gasteiger partial charge in [0.1, 0.15) is 0 Å². The summed E-state index contributed by atoms with van der Waals surface area (Å²) in [5, 5.41) is 7.92. The number of primary sulfonamides is 1. The van der Waals surface area contributed by atoms with Gasteiger partial charge in [0.05, 0.1) is 10.9 Å². The van der Waals surface area contributed by atoms with Gasteiger partial charge < -0.3 is 5.32 Å². The monoisotopic (exact) mass is 318 g/mol. The molecular formula is C16H18N2O3S. The minimum absolute atomic E-state index is 0.0494. The molecule has 0 saturated heterocycles. The van der Waals surface area contributed by atoms with Crippen molar-refractivity contribution in [2.24, 2.45) is 5.14 Å². The molecule has 1 amide bonds. The van der Waals surface area contributed by atoms with Crippen molar-refractivity contribution in [1.29, 1.82) is 0 Å². The van der Waals surface area contributed by atoms with Gasteiger partial charge in [-0.2, -0.15) is 0 Å². The Balaban J connectivity index is 2.10. The van der Waals surface area contributed by atoms with Gasteiger partial charge in [-0.05, 0) is 43.7 Å². The minimum atomic E-state index is -3.70. The zero-order valence-electron chi connectivity index (χ0n) is 12.4. The molecule has 0 bridgehead atoms. The maximum atomic E-state index is 12.1. The highest BCUT2D eigenvalue weighted by Gasteiger charge is 2.13. The van der Waals surface area contributed by atoms with Crippen LogP contribution in [0.15, 0.2) is 53.4 Å². The van der Waals surface area contributed by atoms with Crippen LogP contribution in [0.3, 0.4) is 0 Å². The highest BCUT2D eigenvalue weighted by molar-refractivity contribution is 7.89. The fraction of sp³-hybridized carbons (Fsp3) is 0.188. The Morgan fingerprint density at radius 3 is 2.09 bits per heavy atom. The van der Waals surface area contributed by atoms with Crippen molar-refractivity contribution in [3.8, 4) is 0 Å². The van der Waals surface area contributed by atoms with E-state index in [1.807, 2.05) is 26.0 Å². The molecule has 0 fully saturated rings. The van der Waals surface area contributed by atoms with E-state index in [1.165, 1.54) is 12.1 Å². The number of rotatable bonds is 4. The molecule has 22 heavy (non-hydrogen) atoms. The Hall–Kier alpha value is -2.18. The van der Waals surface area contributed by atoms with Gasteiger partial charge in [0.25, 0.3) is 5.91 Å². The van der Waals surface area contributed by atoms with Crippen molar-refractivity contribution in [3.05, 3.63) is 65.2 Å². The Morgan fingerprint density at radius 1 is 1.05 bits per heavy atom. The SMILES string of the molecule is Cc1ccc(C(=O)NC(C)c2ccc(S(N)(=O)=O)cc2)cc1. The number of hydrogen-bond acceptors (Lipinski definition) is 3. The van der Waals surface area contributed by atoms with Crippen LogP contribution in [0.25, 0.3) is 0 Å². The lowest BCUT2D eigenvalue weighted by Crippen LogP contribution is -2.26. The predicted octanol–water partition coefficient (Wildman–Crippen LogP) is 2.13. The lowest BCUT2D eigenvalue weighted by Gasteiger charge is -2.15. The number of sulfonamides is 1. The third-order valence-corrected chi connectivity index (χ3v) is 4.30. The van der Waals surface area contributed by atoms with Crippen LogP contribution < -0.4 is 10.5 Å². The summed E-state index contributed by atoms with van der Waals surface area (Å²) >= 11 is 0. The van der Waals surface area contributed by atoms with E-state index in [2.05, 4.69) is 5.32 Å². The molecule has 2 aromatic rings. The number of nitrogens with two attached hydrogens (primary N) is 1. The van der Waals surface area contributed by atoms with Crippen molar-refractivity contribution >= 4 is 15.9 Å². The fourth-order valence-corrected chi connectivity index (χ4v) is 2.53. The van der Waals surface area contributed by atoms with Crippen LogP contribution in [0.1, 0.15) is 34.5 Å². The van der Waals surface area contributed by atoms with Gasteiger partial charge >= 0.3 is 0 Å². The number of aryl methyl sites for hydroxylation is 1. The molecule has 0 aliphatic rings. The molecule has 6 heteroatoms. The first-order valence-corrected chi connectivity index (χ1v) is 8.32. The number of benzene rings is 2. The van der Waals surface area contributed by atoms with Gasteiger partial charge in [0, 0.05) is 5.56 Å². The van der Waals surface area contributed by atoms with Gasteiger partial charge in [-0.15, -0.1) is 0 Å². The summed E-state index contributed by atoms with van der Waals surface area (Å²) in [5.41, 5.74) is 2.47. The van der Waals surface area contributed by atoms with E-state index >= 15 is 0 Å². The summed E-state index contributed by atoms with van der Waals surface area (Å²) in [5.74, 6) is -0.178. The van der Waals surface area contributed by atoms with Crippen LogP contribution in [-0.4, -0.2) is 14.3 Å².